The van der Waals surface area contributed by atoms with Crippen LogP contribution in [0.5, 0.6) is 11.5 Å². The smallest absolute Gasteiger partial charge is 0.251 e. The number of hydrogen-bond donors (Lipinski definition) is 1. The number of carbonyl (C=O) groups excluding carboxylic acids is 1. The van der Waals surface area contributed by atoms with Crippen LogP contribution in [0.25, 0.3) is 0 Å². The Kier molecular flexibility index (Phi) is 4.24. The lowest BCUT2D eigenvalue weighted by molar-refractivity contribution is 0.0789. The predicted octanol–water partition coefficient (Wildman–Crippen LogP) is 3.18. The first-order valence-electron chi connectivity index (χ1n) is 7.79. The van der Waals surface area contributed by atoms with Crippen LogP contribution >= 0.6 is 0 Å². The van der Waals surface area contributed by atoms with E-state index in [9.17, 15) is 4.79 Å². The zero-order valence-electron chi connectivity index (χ0n) is 13.7. The average Bonchev–Trinajstić information content (AvgIpc) is 2.55. The number of para-hydroxylation sites is 2. The molecule has 0 bridgehead atoms. The minimum Gasteiger partial charge on any atom is -0.486 e. The molecule has 3 rings (SSSR count). The van der Waals surface area contributed by atoms with E-state index in [4.69, 9.17) is 9.47 Å². The fraction of sp³-hybridized carbons (Fsp3) is 0.316. The molecule has 0 aromatic heterocycles. The van der Waals surface area contributed by atoms with Gasteiger partial charge in [0.1, 0.15) is 12.7 Å². The highest BCUT2D eigenvalue weighted by molar-refractivity contribution is 5.96. The maximum Gasteiger partial charge on any atom is 0.251 e. The maximum atomic E-state index is 12.4. The topological polar surface area (TPSA) is 47.6 Å². The molecule has 4 heteroatoms. The van der Waals surface area contributed by atoms with Crippen LogP contribution in [0.4, 0.5) is 0 Å². The van der Waals surface area contributed by atoms with E-state index in [1.165, 1.54) is 5.56 Å². The number of aryl methyl sites for hydroxylation is 3. The molecule has 1 atom stereocenters. The Morgan fingerprint density at radius 1 is 1.09 bits per heavy atom. The first kappa shape index (κ1) is 15.4. The second-order valence-corrected chi connectivity index (χ2v) is 5.96. The Hall–Kier alpha value is -2.49. The van der Waals surface area contributed by atoms with Gasteiger partial charge in [0.2, 0.25) is 0 Å². The number of benzene rings is 2. The van der Waals surface area contributed by atoms with Gasteiger partial charge in [-0.25, -0.2) is 0 Å². The van der Waals surface area contributed by atoms with Crippen molar-refractivity contribution in [2.24, 2.45) is 0 Å². The Labute approximate surface area is 136 Å². The summed E-state index contributed by atoms with van der Waals surface area (Å²) in [6.07, 6.45) is -0.180. The maximum absolute atomic E-state index is 12.4. The number of ether oxygens (including phenoxy) is 2. The molecule has 1 N–H and O–H groups in total. The van der Waals surface area contributed by atoms with Crippen molar-refractivity contribution < 1.29 is 14.3 Å². The quantitative estimate of drug-likeness (QED) is 0.947. The van der Waals surface area contributed by atoms with Crippen molar-refractivity contribution in [1.82, 2.24) is 5.32 Å². The van der Waals surface area contributed by atoms with Crippen molar-refractivity contribution >= 4 is 5.91 Å². The van der Waals surface area contributed by atoms with Crippen LogP contribution in [0.3, 0.4) is 0 Å². The van der Waals surface area contributed by atoms with Gasteiger partial charge >= 0.3 is 0 Å². The second kappa shape index (κ2) is 6.32. The van der Waals surface area contributed by atoms with Gasteiger partial charge in [-0.1, -0.05) is 18.2 Å². The number of fused-ring (bicyclic) bond motifs is 1. The predicted molar refractivity (Wildman–Crippen MR) is 89.3 cm³/mol. The van der Waals surface area contributed by atoms with Crippen LogP contribution in [0.1, 0.15) is 27.0 Å². The Morgan fingerprint density at radius 3 is 2.57 bits per heavy atom. The van der Waals surface area contributed by atoms with E-state index in [1.807, 2.05) is 50.2 Å². The van der Waals surface area contributed by atoms with E-state index in [0.29, 0.717) is 18.7 Å². The molecular formula is C19H21NO3. The van der Waals surface area contributed by atoms with E-state index < -0.39 is 0 Å². The number of rotatable bonds is 3. The summed E-state index contributed by atoms with van der Waals surface area (Å²) in [5.74, 6) is 1.40. The Morgan fingerprint density at radius 2 is 1.78 bits per heavy atom. The first-order valence-corrected chi connectivity index (χ1v) is 7.79. The second-order valence-electron chi connectivity index (χ2n) is 5.96. The van der Waals surface area contributed by atoms with E-state index >= 15 is 0 Å². The minimum absolute atomic E-state index is 0.0759. The van der Waals surface area contributed by atoms with Crippen LogP contribution in [0, 0.1) is 20.8 Å². The van der Waals surface area contributed by atoms with E-state index in [-0.39, 0.29) is 12.0 Å². The molecule has 0 unspecified atom stereocenters. The van der Waals surface area contributed by atoms with Gasteiger partial charge in [0, 0.05) is 5.56 Å². The Bertz CT molecular complexity index is 739. The molecule has 1 heterocycles. The van der Waals surface area contributed by atoms with Crippen LogP contribution in [-0.2, 0) is 0 Å². The normalized spacial score (nSPS) is 16.0. The van der Waals surface area contributed by atoms with Gasteiger partial charge in [-0.2, -0.15) is 0 Å². The van der Waals surface area contributed by atoms with Crippen LogP contribution in [-0.4, -0.2) is 25.2 Å². The number of hydrogen-bond acceptors (Lipinski definition) is 3. The number of carbonyl (C=O) groups is 1. The van der Waals surface area contributed by atoms with Crippen LogP contribution in [0.2, 0.25) is 0 Å². The van der Waals surface area contributed by atoms with Crippen molar-refractivity contribution in [3.05, 3.63) is 58.7 Å². The van der Waals surface area contributed by atoms with Crippen molar-refractivity contribution in [2.75, 3.05) is 13.2 Å². The zero-order valence-corrected chi connectivity index (χ0v) is 13.7. The molecule has 1 amide bonds. The van der Waals surface area contributed by atoms with Crippen molar-refractivity contribution in [1.29, 1.82) is 0 Å². The van der Waals surface area contributed by atoms with Gasteiger partial charge in [-0.15, -0.1) is 0 Å². The highest BCUT2D eigenvalue weighted by Gasteiger charge is 2.21. The molecule has 2 aromatic rings. The fourth-order valence-electron chi connectivity index (χ4n) is 2.67. The van der Waals surface area contributed by atoms with Crippen LogP contribution < -0.4 is 14.8 Å². The van der Waals surface area contributed by atoms with E-state index in [2.05, 4.69) is 12.2 Å². The van der Waals surface area contributed by atoms with Crippen molar-refractivity contribution in [3.63, 3.8) is 0 Å². The molecule has 1 aliphatic heterocycles. The molecule has 0 fully saturated rings. The monoisotopic (exact) mass is 311 g/mol. The first-order chi connectivity index (χ1) is 11.0. The van der Waals surface area contributed by atoms with Gasteiger partial charge in [0.15, 0.2) is 11.5 Å². The molecule has 0 saturated carbocycles. The van der Waals surface area contributed by atoms with Gasteiger partial charge in [-0.05, 0) is 55.7 Å². The highest BCUT2D eigenvalue weighted by atomic mass is 16.6. The molecule has 120 valence electrons. The SMILES string of the molecule is Cc1cc(C)c(C(=O)NC[C@@H]2COc3ccccc3O2)cc1C. The molecule has 4 nitrogen and oxygen atoms in total. The molecule has 0 aliphatic carbocycles. The van der Waals surface area contributed by atoms with Crippen molar-refractivity contribution in [2.45, 2.75) is 26.9 Å². The largest absolute Gasteiger partial charge is 0.486 e. The highest BCUT2D eigenvalue weighted by Crippen LogP contribution is 2.30. The molecule has 2 aromatic carbocycles. The minimum atomic E-state index is -0.180. The number of amides is 1. The zero-order chi connectivity index (χ0) is 16.4. The standard InChI is InChI=1S/C19H21NO3/c1-12-8-14(3)16(9-13(12)2)19(21)20-10-15-11-22-17-6-4-5-7-18(17)23-15/h4-9,15H,10-11H2,1-3H3,(H,20,21)/t15-/m1/s1. The van der Waals surface area contributed by atoms with Gasteiger partial charge in [-0.3, -0.25) is 4.79 Å². The van der Waals surface area contributed by atoms with E-state index in [0.717, 1.165) is 22.6 Å². The molecule has 23 heavy (non-hydrogen) atoms. The summed E-state index contributed by atoms with van der Waals surface area (Å²) in [6, 6.07) is 11.5. The summed E-state index contributed by atoms with van der Waals surface area (Å²) in [5.41, 5.74) is 4.01. The lowest BCUT2D eigenvalue weighted by Gasteiger charge is -2.26. The van der Waals surface area contributed by atoms with Gasteiger partial charge in [0.05, 0.1) is 6.54 Å². The molecule has 1 aliphatic rings. The number of nitrogens with one attached hydrogen (secondary N) is 1. The summed E-state index contributed by atoms with van der Waals surface area (Å²) in [4.78, 5) is 12.4. The summed E-state index contributed by atoms with van der Waals surface area (Å²) < 4.78 is 11.5. The lowest BCUT2D eigenvalue weighted by atomic mass is 10.0. The third-order valence-electron chi connectivity index (χ3n) is 4.14. The third-order valence-corrected chi connectivity index (χ3v) is 4.14. The fourth-order valence-corrected chi connectivity index (χ4v) is 2.67. The lowest BCUT2D eigenvalue weighted by Crippen LogP contribution is -2.40. The third kappa shape index (κ3) is 3.31. The van der Waals surface area contributed by atoms with Gasteiger partial charge < -0.3 is 14.8 Å². The molecule has 0 saturated heterocycles. The molecule has 0 radical (unpaired) electrons. The Balaban J connectivity index is 1.63. The van der Waals surface area contributed by atoms with E-state index in [1.54, 1.807) is 0 Å². The van der Waals surface area contributed by atoms with Gasteiger partial charge in [0.25, 0.3) is 5.91 Å². The summed E-state index contributed by atoms with van der Waals surface area (Å²) in [5, 5.41) is 2.94. The van der Waals surface area contributed by atoms with Crippen LogP contribution in [0.15, 0.2) is 36.4 Å². The average molecular weight is 311 g/mol. The summed E-state index contributed by atoms with van der Waals surface area (Å²) >= 11 is 0. The summed E-state index contributed by atoms with van der Waals surface area (Å²) in [7, 11) is 0. The summed E-state index contributed by atoms with van der Waals surface area (Å²) in [6.45, 7) is 6.87. The molecular weight excluding hydrogens is 290 g/mol. The molecule has 0 spiro atoms. The van der Waals surface area contributed by atoms with Crippen molar-refractivity contribution in [3.8, 4) is 11.5 Å².